The average molecular weight is 538 g/mol. The molecule has 5 N–H and O–H groups in total. The Balaban J connectivity index is 1.85. The van der Waals surface area contributed by atoms with Gasteiger partial charge in [-0.05, 0) is 73.1 Å². The maximum absolute atomic E-state index is 14.2. The molecule has 11 heteroatoms. The van der Waals surface area contributed by atoms with Crippen LogP contribution in [-0.4, -0.2) is 48.5 Å². The molecule has 2 heterocycles. The molecule has 1 aromatic heterocycles. The van der Waals surface area contributed by atoms with E-state index >= 15 is 0 Å². The molecule has 1 saturated heterocycles. The Bertz CT molecular complexity index is 1330. The van der Waals surface area contributed by atoms with Crippen molar-refractivity contribution in [1.29, 1.82) is 0 Å². The van der Waals surface area contributed by atoms with Crippen molar-refractivity contribution >= 4 is 40.6 Å². The second-order valence-electron chi connectivity index (χ2n) is 9.09. The molecule has 1 fully saturated rings. The van der Waals surface area contributed by atoms with Crippen molar-refractivity contribution in [3.8, 4) is 5.75 Å². The SMILES string of the molecule is COc1ccc(C(C(=O)NCC2CCCO2)N(C(=O)c2snc(C(N)=O)c2N)c2cccc(C)c2C)cc1. The fourth-order valence-electron chi connectivity index (χ4n) is 4.42. The molecule has 2 atom stereocenters. The molecule has 3 amide bonds. The predicted octanol–water partition coefficient (Wildman–Crippen LogP) is 3.13. The van der Waals surface area contributed by atoms with Gasteiger partial charge in [0.2, 0.25) is 5.91 Å². The van der Waals surface area contributed by atoms with Crippen LogP contribution in [0, 0.1) is 13.8 Å². The Labute approximate surface area is 225 Å². The Morgan fingerprint density at radius 2 is 1.95 bits per heavy atom. The minimum Gasteiger partial charge on any atom is -0.497 e. The van der Waals surface area contributed by atoms with Gasteiger partial charge >= 0.3 is 0 Å². The largest absolute Gasteiger partial charge is 0.497 e. The molecule has 0 saturated carbocycles. The van der Waals surface area contributed by atoms with Gasteiger partial charge in [0.25, 0.3) is 11.8 Å². The number of nitrogens with one attached hydrogen (secondary N) is 1. The van der Waals surface area contributed by atoms with Gasteiger partial charge in [-0.15, -0.1) is 0 Å². The molecule has 200 valence electrons. The number of carbonyl (C=O) groups excluding carboxylic acids is 3. The number of nitrogen functional groups attached to an aromatic ring is 1. The molecule has 2 aromatic carbocycles. The van der Waals surface area contributed by atoms with Crippen LogP contribution in [0.1, 0.15) is 55.7 Å². The lowest BCUT2D eigenvalue weighted by Gasteiger charge is -2.33. The first-order valence-electron chi connectivity index (χ1n) is 12.2. The third-order valence-electron chi connectivity index (χ3n) is 6.68. The van der Waals surface area contributed by atoms with Crippen LogP contribution in [0.25, 0.3) is 0 Å². The van der Waals surface area contributed by atoms with Crippen LogP contribution in [0.4, 0.5) is 11.4 Å². The molecule has 1 aliphatic rings. The van der Waals surface area contributed by atoms with Crippen LogP contribution in [0.5, 0.6) is 5.75 Å². The number of rotatable bonds is 9. The van der Waals surface area contributed by atoms with Crippen LogP contribution < -0.4 is 26.4 Å². The third-order valence-corrected chi connectivity index (χ3v) is 7.53. The Morgan fingerprint density at radius 3 is 2.55 bits per heavy atom. The molecular weight excluding hydrogens is 506 g/mol. The summed E-state index contributed by atoms with van der Waals surface area (Å²) in [5.41, 5.74) is 14.1. The minimum atomic E-state index is -1.08. The highest BCUT2D eigenvalue weighted by molar-refractivity contribution is 7.09. The zero-order valence-corrected chi connectivity index (χ0v) is 22.3. The number of methoxy groups -OCH3 is 1. The van der Waals surface area contributed by atoms with E-state index < -0.39 is 23.8 Å². The average Bonchev–Trinajstić information content (AvgIpc) is 3.57. The molecule has 4 rings (SSSR count). The summed E-state index contributed by atoms with van der Waals surface area (Å²) in [5, 5.41) is 2.97. The van der Waals surface area contributed by atoms with Crippen molar-refractivity contribution in [2.24, 2.45) is 5.73 Å². The number of benzene rings is 2. The third kappa shape index (κ3) is 5.48. The van der Waals surface area contributed by atoms with Crippen molar-refractivity contribution in [3.05, 3.63) is 69.7 Å². The fourth-order valence-corrected chi connectivity index (χ4v) is 5.16. The zero-order chi connectivity index (χ0) is 27.4. The quantitative estimate of drug-likeness (QED) is 0.379. The van der Waals surface area contributed by atoms with E-state index in [0.717, 1.165) is 35.5 Å². The number of aromatic nitrogens is 1. The van der Waals surface area contributed by atoms with Crippen LogP contribution in [0.15, 0.2) is 42.5 Å². The molecule has 1 aliphatic heterocycles. The number of primary amides is 1. The van der Waals surface area contributed by atoms with E-state index in [0.29, 0.717) is 30.2 Å². The van der Waals surface area contributed by atoms with E-state index in [9.17, 15) is 14.4 Å². The Kier molecular flexibility index (Phi) is 8.28. The number of hydrogen-bond donors (Lipinski definition) is 3. The van der Waals surface area contributed by atoms with Gasteiger partial charge in [0.15, 0.2) is 5.69 Å². The van der Waals surface area contributed by atoms with Crippen LogP contribution in [-0.2, 0) is 9.53 Å². The monoisotopic (exact) mass is 537 g/mol. The predicted molar refractivity (Wildman–Crippen MR) is 145 cm³/mol. The van der Waals surface area contributed by atoms with Crippen LogP contribution >= 0.6 is 11.5 Å². The van der Waals surface area contributed by atoms with Gasteiger partial charge in [0, 0.05) is 18.8 Å². The van der Waals surface area contributed by atoms with Crippen LogP contribution in [0.3, 0.4) is 0 Å². The first-order chi connectivity index (χ1) is 18.2. The van der Waals surface area contributed by atoms with E-state index in [1.807, 2.05) is 26.0 Å². The number of carbonyl (C=O) groups is 3. The normalized spacial score (nSPS) is 15.6. The van der Waals surface area contributed by atoms with Crippen molar-refractivity contribution in [1.82, 2.24) is 9.69 Å². The summed E-state index contributed by atoms with van der Waals surface area (Å²) in [6, 6.07) is 11.4. The lowest BCUT2D eigenvalue weighted by molar-refractivity contribution is -0.123. The molecule has 0 radical (unpaired) electrons. The summed E-state index contributed by atoms with van der Waals surface area (Å²) in [7, 11) is 1.55. The fraction of sp³-hybridized carbons (Fsp3) is 0.333. The molecule has 38 heavy (non-hydrogen) atoms. The molecule has 0 bridgehead atoms. The number of nitrogens with zero attached hydrogens (tertiary/aromatic N) is 2. The van der Waals surface area contributed by atoms with Crippen molar-refractivity contribution in [2.75, 3.05) is 30.9 Å². The highest BCUT2D eigenvalue weighted by atomic mass is 32.1. The van der Waals surface area contributed by atoms with Gasteiger partial charge in [-0.2, -0.15) is 4.37 Å². The van der Waals surface area contributed by atoms with E-state index in [-0.39, 0.29) is 22.4 Å². The lowest BCUT2D eigenvalue weighted by Crippen LogP contribution is -2.46. The molecule has 3 aromatic rings. The summed E-state index contributed by atoms with van der Waals surface area (Å²) >= 11 is 0.771. The molecule has 10 nitrogen and oxygen atoms in total. The molecule has 0 spiro atoms. The minimum absolute atomic E-state index is 0.0187. The van der Waals surface area contributed by atoms with Crippen molar-refractivity contribution in [3.63, 3.8) is 0 Å². The van der Waals surface area contributed by atoms with Gasteiger partial charge < -0.3 is 26.3 Å². The summed E-state index contributed by atoms with van der Waals surface area (Å²) in [6.45, 7) is 4.77. The summed E-state index contributed by atoms with van der Waals surface area (Å²) in [6.07, 6.45) is 1.69. The highest BCUT2D eigenvalue weighted by Crippen LogP contribution is 2.36. The molecule has 2 unspecified atom stereocenters. The number of hydrogen-bond acceptors (Lipinski definition) is 8. The number of aryl methyl sites for hydroxylation is 1. The van der Waals surface area contributed by atoms with E-state index in [4.69, 9.17) is 20.9 Å². The number of ether oxygens (including phenoxy) is 2. The summed E-state index contributed by atoms with van der Waals surface area (Å²) < 4.78 is 15.0. The smallest absolute Gasteiger partial charge is 0.273 e. The topological polar surface area (TPSA) is 150 Å². The van der Waals surface area contributed by atoms with Crippen molar-refractivity contribution in [2.45, 2.75) is 38.8 Å². The van der Waals surface area contributed by atoms with Gasteiger partial charge in [-0.25, -0.2) is 0 Å². The van der Waals surface area contributed by atoms with Gasteiger partial charge in [-0.1, -0.05) is 24.3 Å². The highest BCUT2D eigenvalue weighted by Gasteiger charge is 2.37. The Hall–Kier alpha value is -3.96. The summed E-state index contributed by atoms with van der Waals surface area (Å²) in [4.78, 5) is 41.3. The van der Waals surface area contributed by atoms with Crippen LogP contribution in [0.2, 0.25) is 0 Å². The zero-order valence-electron chi connectivity index (χ0n) is 21.5. The maximum atomic E-state index is 14.2. The number of amides is 3. The van der Waals surface area contributed by atoms with E-state index in [2.05, 4.69) is 9.69 Å². The number of anilines is 2. The summed E-state index contributed by atoms with van der Waals surface area (Å²) in [5.74, 6) is -1.20. The van der Waals surface area contributed by atoms with Crippen molar-refractivity contribution < 1.29 is 23.9 Å². The standard InChI is InChI=1S/C27H31N5O5S/c1-15-6-4-8-20(16(15)2)32(27(35)24-21(28)22(25(29)33)31-38-24)23(17-9-11-18(36-3)12-10-17)26(34)30-14-19-7-5-13-37-19/h4,6,8-12,19,23H,5,7,13-14,28H2,1-3H3,(H2,29,33)(H,30,34). The van der Waals surface area contributed by atoms with E-state index in [1.165, 1.54) is 4.90 Å². The molecule has 0 aliphatic carbocycles. The van der Waals surface area contributed by atoms with E-state index in [1.54, 1.807) is 37.4 Å². The van der Waals surface area contributed by atoms with Gasteiger partial charge in [0.05, 0.1) is 18.9 Å². The first-order valence-corrected chi connectivity index (χ1v) is 13.0. The first kappa shape index (κ1) is 27.1. The molecular formula is C27H31N5O5S. The number of nitrogens with two attached hydrogens (primary N) is 2. The second kappa shape index (κ2) is 11.6. The maximum Gasteiger partial charge on any atom is 0.273 e. The van der Waals surface area contributed by atoms with Gasteiger partial charge in [-0.3, -0.25) is 19.3 Å². The Morgan fingerprint density at radius 1 is 1.21 bits per heavy atom. The second-order valence-corrected chi connectivity index (χ2v) is 9.86. The lowest BCUT2D eigenvalue weighted by atomic mass is 9.99. The van der Waals surface area contributed by atoms with Gasteiger partial charge in [0.1, 0.15) is 16.7 Å².